The number of alkyl halides is 2. The molecule has 7 nitrogen and oxygen atoms in total. The molecular formula is C26H25Cl2N3O4. The van der Waals surface area contributed by atoms with Crippen molar-refractivity contribution in [3.05, 3.63) is 112 Å². The summed E-state index contributed by atoms with van der Waals surface area (Å²) in [6.07, 6.45) is -0.912. The van der Waals surface area contributed by atoms with E-state index in [1.54, 1.807) is 7.11 Å². The van der Waals surface area contributed by atoms with Gasteiger partial charge in [0.2, 0.25) is 4.84 Å². The summed E-state index contributed by atoms with van der Waals surface area (Å²) in [5.41, 5.74) is 11.4. The number of carbonyl (C=O) groups excluding carboxylic acids is 1. The zero-order valence-electron chi connectivity index (χ0n) is 19.3. The van der Waals surface area contributed by atoms with Gasteiger partial charge in [0.15, 0.2) is 0 Å². The van der Waals surface area contributed by atoms with Crippen LogP contribution in [0.2, 0.25) is 0 Å². The molecular weight excluding hydrogens is 489 g/mol. The van der Waals surface area contributed by atoms with E-state index in [4.69, 9.17) is 42.9 Å². The van der Waals surface area contributed by atoms with E-state index < -0.39 is 22.5 Å². The summed E-state index contributed by atoms with van der Waals surface area (Å²) in [4.78, 5) is 13.5. The van der Waals surface area contributed by atoms with E-state index in [1.165, 1.54) is 0 Å². The molecule has 0 amide bonds. The fourth-order valence-electron chi connectivity index (χ4n) is 3.72. The van der Waals surface area contributed by atoms with Crippen LogP contribution in [0.5, 0.6) is 5.75 Å². The molecule has 0 bridgehead atoms. The molecule has 3 aromatic carbocycles. The van der Waals surface area contributed by atoms with Crippen LogP contribution in [0.4, 0.5) is 0 Å². The highest BCUT2D eigenvalue weighted by Crippen LogP contribution is 2.41. The summed E-state index contributed by atoms with van der Waals surface area (Å²) in [6, 6.07) is 25.3. The lowest BCUT2D eigenvalue weighted by atomic mass is 9.79. The van der Waals surface area contributed by atoms with Gasteiger partial charge in [-0.15, -0.1) is 0 Å². The Labute approximate surface area is 214 Å². The lowest BCUT2D eigenvalue weighted by Gasteiger charge is -2.37. The monoisotopic (exact) mass is 513 g/mol. The molecule has 0 spiro atoms. The molecule has 9 heteroatoms. The van der Waals surface area contributed by atoms with Gasteiger partial charge in [-0.25, -0.2) is 4.79 Å². The van der Waals surface area contributed by atoms with E-state index in [0.717, 1.165) is 22.3 Å². The second-order valence-corrected chi connectivity index (χ2v) is 8.82. The van der Waals surface area contributed by atoms with Gasteiger partial charge in [-0.05, 0) is 41.3 Å². The van der Waals surface area contributed by atoms with Crippen LogP contribution in [0.15, 0.2) is 84.0 Å². The van der Waals surface area contributed by atoms with Crippen LogP contribution >= 0.6 is 23.2 Å². The van der Waals surface area contributed by atoms with Crippen molar-refractivity contribution in [1.82, 2.24) is 0 Å². The standard InChI is InChI=1S/C26H25Cl2N3O4/c1-18-8-10-20(11-9-18)26(19-6-4-3-5-7-19,21-12-14-22(33-2)15-13-21)34-17-23(16-30-31-29)35-25(32)24(27)28/h3-15,23-24H,16-17H2,1-2H3. The number of ether oxygens (including phenoxy) is 3. The maximum atomic E-state index is 12.1. The number of methoxy groups -OCH3 is 1. The first kappa shape index (κ1) is 26.4. The molecule has 3 aromatic rings. The number of esters is 1. The Kier molecular flexibility index (Phi) is 9.40. The molecule has 35 heavy (non-hydrogen) atoms. The first-order valence-corrected chi connectivity index (χ1v) is 11.7. The van der Waals surface area contributed by atoms with Crippen molar-refractivity contribution in [2.45, 2.75) is 23.5 Å². The molecule has 0 saturated heterocycles. The summed E-state index contributed by atoms with van der Waals surface area (Å²) in [5.74, 6) is -0.148. The summed E-state index contributed by atoms with van der Waals surface area (Å²) in [7, 11) is 1.60. The van der Waals surface area contributed by atoms with Crippen molar-refractivity contribution < 1.29 is 19.0 Å². The van der Waals surface area contributed by atoms with Crippen molar-refractivity contribution in [3.8, 4) is 5.75 Å². The largest absolute Gasteiger partial charge is 0.497 e. The second kappa shape index (κ2) is 12.5. The highest BCUT2D eigenvalue weighted by molar-refractivity contribution is 6.52. The first-order chi connectivity index (χ1) is 16.9. The summed E-state index contributed by atoms with van der Waals surface area (Å²) < 4.78 is 17.4. The van der Waals surface area contributed by atoms with Gasteiger partial charge in [-0.3, -0.25) is 0 Å². The fourth-order valence-corrected chi connectivity index (χ4v) is 3.82. The van der Waals surface area contributed by atoms with Crippen LogP contribution < -0.4 is 4.74 Å². The topological polar surface area (TPSA) is 93.5 Å². The minimum absolute atomic E-state index is 0.0972. The number of nitrogens with zero attached hydrogens (tertiary/aromatic N) is 3. The predicted molar refractivity (Wildman–Crippen MR) is 136 cm³/mol. The minimum Gasteiger partial charge on any atom is -0.497 e. The zero-order chi connectivity index (χ0) is 25.3. The predicted octanol–water partition coefficient (Wildman–Crippen LogP) is 6.34. The smallest absolute Gasteiger partial charge is 0.339 e. The maximum Gasteiger partial charge on any atom is 0.339 e. The number of rotatable bonds is 11. The molecule has 182 valence electrons. The quantitative estimate of drug-likeness (QED) is 0.0746. The molecule has 0 aliphatic carbocycles. The van der Waals surface area contributed by atoms with Gasteiger partial charge in [0, 0.05) is 4.91 Å². The molecule has 0 aliphatic rings. The highest BCUT2D eigenvalue weighted by Gasteiger charge is 2.39. The molecule has 3 rings (SSSR count). The number of aryl methyl sites for hydroxylation is 1. The summed E-state index contributed by atoms with van der Waals surface area (Å²) in [5, 5.41) is 3.56. The minimum atomic E-state index is -1.37. The van der Waals surface area contributed by atoms with Crippen LogP contribution in [-0.4, -0.2) is 37.2 Å². The van der Waals surface area contributed by atoms with Crippen molar-refractivity contribution >= 4 is 29.2 Å². The summed E-state index contributed by atoms with van der Waals surface area (Å²) >= 11 is 11.3. The van der Waals surface area contributed by atoms with Gasteiger partial charge in [0.25, 0.3) is 0 Å². The van der Waals surface area contributed by atoms with Gasteiger partial charge in [-0.1, -0.05) is 101 Å². The molecule has 2 atom stereocenters. The zero-order valence-corrected chi connectivity index (χ0v) is 20.8. The Morgan fingerprint density at radius 1 is 0.971 bits per heavy atom. The molecule has 0 aromatic heterocycles. The van der Waals surface area contributed by atoms with Gasteiger partial charge < -0.3 is 14.2 Å². The Morgan fingerprint density at radius 2 is 1.54 bits per heavy atom. The number of hydrogen-bond acceptors (Lipinski definition) is 5. The number of carbonyl (C=O) groups is 1. The molecule has 0 fully saturated rings. The number of halogens is 2. The Morgan fingerprint density at radius 3 is 2.09 bits per heavy atom. The third kappa shape index (κ3) is 6.47. The average molecular weight is 514 g/mol. The molecule has 0 N–H and O–H groups in total. The van der Waals surface area contributed by atoms with E-state index in [0.29, 0.717) is 5.75 Å². The van der Waals surface area contributed by atoms with Crippen LogP contribution in [0, 0.1) is 6.92 Å². The first-order valence-electron chi connectivity index (χ1n) is 10.8. The molecule has 0 radical (unpaired) electrons. The van der Waals surface area contributed by atoms with Gasteiger partial charge in [0.1, 0.15) is 17.5 Å². The van der Waals surface area contributed by atoms with E-state index in [1.807, 2.05) is 85.8 Å². The Balaban J connectivity index is 2.13. The highest BCUT2D eigenvalue weighted by atomic mass is 35.5. The lowest BCUT2D eigenvalue weighted by molar-refractivity contribution is -0.151. The Hall–Kier alpha value is -3.22. The average Bonchev–Trinajstić information content (AvgIpc) is 2.89. The van der Waals surface area contributed by atoms with E-state index in [2.05, 4.69) is 10.0 Å². The third-order valence-electron chi connectivity index (χ3n) is 5.43. The van der Waals surface area contributed by atoms with Crippen molar-refractivity contribution in [2.75, 3.05) is 20.3 Å². The number of benzene rings is 3. The van der Waals surface area contributed by atoms with E-state index >= 15 is 0 Å². The second-order valence-electron chi connectivity index (χ2n) is 7.73. The normalized spacial score (nSPS) is 13.4. The van der Waals surface area contributed by atoms with Crippen LogP contribution in [0.25, 0.3) is 10.4 Å². The van der Waals surface area contributed by atoms with Crippen molar-refractivity contribution in [2.24, 2.45) is 5.11 Å². The molecule has 0 aliphatic heterocycles. The van der Waals surface area contributed by atoms with Crippen LogP contribution in [-0.2, 0) is 19.9 Å². The fraction of sp³-hybridized carbons (Fsp3) is 0.269. The Bertz CT molecular complexity index is 1150. The van der Waals surface area contributed by atoms with E-state index in [9.17, 15) is 4.79 Å². The lowest BCUT2D eigenvalue weighted by Crippen LogP contribution is -2.38. The van der Waals surface area contributed by atoms with Crippen LogP contribution in [0.3, 0.4) is 0 Å². The van der Waals surface area contributed by atoms with Gasteiger partial charge in [0.05, 0.1) is 20.3 Å². The maximum absolute atomic E-state index is 12.1. The van der Waals surface area contributed by atoms with E-state index in [-0.39, 0.29) is 13.2 Å². The SMILES string of the molecule is COc1ccc(C(OCC(CN=[N+]=[N-])OC(=O)C(Cl)Cl)(c2ccccc2)c2ccc(C)cc2)cc1. The molecule has 2 unspecified atom stereocenters. The molecule has 0 heterocycles. The number of hydrogen-bond donors (Lipinski definition) is 0. The third-order valence-corrected chi connectivity index (χ3v) is 5.79. The van der Waals surface area contributed by atoms with Gasteiger partial charge in [-0.2, -0.15) is 0 Å². The van der Waals surface area contributed by atoms with Crippen molar-refractivity contribution in [3.63, 3.8) is 0 Å². The van der Waals surface area contributed by atoms with Crippen molar-refractivity contribution in [1.29, 1.82) is 0 Å². The summed E-state index contributed by atoms with van der Waals surface area (Å²) in [6.45, 7) is 1.76. The number of azide groups is 1. The van der Waals surface area contributed by atoms with Gasteiger partial charge >= 0.3 is 5.97 Å². The molecule has 0 saturated carbocycles. The van der Waals surface area contributed by atoms with Crippen LogP contribution in [0.1, 0.15) is 22.3 Å².